The van der Waals surface area contributed by atoms with Crippen LogP contribution in [0.3, 0.4) is 0 Å². The molecule has 0 aromatic heterocycles. The molecule has 0 fully saturated rings. The fourth-order valence-corrected chi connectivity index (χ4v) is 2.82. The number of nitriles is 1. The zero-order valence-electron chi connectivity index (χ0n) is 16.4. The average Bonchev–Trinajstić information content (AvgIpc) is 2.77. The van der Waals surface area contributed by atoms with E-state index in [1.807, 2.05) is 66.8 Å². The summed E-state index contributed by atoms with van der Waals surface area (Å²) in [5.74, 6) is 0.748. The lowest BCUT2D eigenvalue weighted by Crippen LogP contribution is -2.06. The van der Waals surface area contributed by atoms with E-state index >= 15 is 0 Å². The van der Waals surface area contributed by atoms with Crippen LogP contribution in [-0.4, -0.2) is 18.3 Å². The second kappa shape index (κ2) is 9.76. The van der Waals surface area contributed by atoms with Crippen molar-refractivity contribution in [1.29, 1.82) is 5.26 Å². The number of ether oxygens (including phenoxy) is 1. The van der Waals surface area contributed by atoms with Crippen molar-refractivity contribution in [2.45, 2.75) is 0 Å². The number of carbonyl (C=O) groups is 1. The molecule has 30 heavy (non-hydrogen) atoms. The van der Waals surface area contributed by atoms with Gasteiger partial charge in [0, 0.05) is 11.3 Å². The van der Waals surface area contributed by atoms with Gasteiger partial charge < -0.3 is 9.84 Å². The molecular formula is C25H20N2O3. The molecule has 3 rings (SSSR count). The van der Waals surface area contributed by atoms with E-state index in [1.165, 1.54) is 0 Å². The fraction of sp³-hybridized carbons (Fsp3) is 0.0400. The number of benzene rings is 3. The van der Waals surface area contributed by atoms with Gasteiger partial charge in [-0.2, -0.15) is 5.26 Å². The summed E-state index contributed by atoms with van der Waals surface area (Å²) in [5, 5.41) is 19.9. The molecule has 0 atom stereocenters. The van der Waals surface area contributed by atoms with Gasteiger partial charge >= 0.3 is 6.09 Å². The summed E-state index contributed by atoms with van der Waals surface area (Å²) in [6.07, 6.45) is 6.78. The molecule has 0 aliphatic carbocycles. The van der Waals surface area contributed by atoms with Crippen LogP contribution >= 0.6 is 0 Å². The van der Waals surface area contributed by atoms with Crippen molar-refractivity contribution >= 4 is 36.1 Å². The smallest absolute Gasteiger partial charge is 0.409 e. The first-order chi connectivity index (χ1) is 14.6. The van der Waals surface area contributed by atoms with Crippen molar-refractivity contribution in [3.8, 4) is 11.8 Å². The highest BCUT2D eigenvalue weighted by Gasteiger charge is 2.01. The highest BCUT2D eigenvalue weighted by Crippen LogP contribution is 2.24. The Morgan fingerprint density at radius 3 is 2.07 bits per heavy atom. The minimum absolute atomic E-state index is 0.524. The quantitative estimate of drug-likeness (QED) is 0.501. The molecule has 148 valence electrons. The van der Waals surface area contributed by atoms with Crippen molar-refractivity contribution in [2.24, 2.45) is 0 Å². The lowest BCUT2D eigenvalue weighted by Gasteiger charge is -2.06. The SMILES string of the molecule is COc1cc(/C=C/c2ccc(C#N)cc2)ccc1/C=C/c1ccc(NC(=O)O)cc1. The summed E-state index contributed by atoms with van der Waals surface area (Å²) in [5.41, 5.74) is 5.04. The van der Waals surface area contributed by atoms with Crippen LogP contribution in [0.15, 0.2) is 66.7 Å². The van der Waals surface area contributed by atoms with Crippen molar-refractivity contribution in [1.82, 2.24) is 0 Å². The van der Waals surface area contributed by atoms with Gasteiger partial charge in [0.05, 0.1) is 18.7 Å². The highest BCUT2D eigenvalue weighted by molar-refractivity contribution is 5.83. The molecule has 0 saturated carbocycles. The standard InChI is InChI=1S/C25H20N2O3/c1-30-24-16-20(5-2-18-3-6-21(17-26)7-4-18)9-13-22(24)12-8-19-10-14-23(15-11-19)27-25(28)29/h2-16,27H,1H3,(H,28,29)/b5-2+,12-8+. The largest absolute Gasteiger partial charge is 0.496 e. The van der Waals surface area contributed by atoms with Crippen LogP contribution in [0.2, 0.25) is 0 Å². The van der Waals surface area contributed by atoms with E-state index in [9.17, 15) is 4.79 Å². The van der Waals surface area contributed by atoms with Crippen LogP contribution in [0.5, 0.6) is 5.75 Å². The number of hydrogen-bond donors (Lipinski definition) is 2. The van der Waals surface area contributed by atoms with Crippen LogP contribution in [0, 0.1) is 11.3 Å². The molecule has 0 saturated heterocycles. The number of methoxy groups -OCH3 is 1. The third-order valence-electron chi connectivity index (χ3n) is 4.38. The van der Waals surface area contributed by atoms with Gasteiger partial charge in [-0.1, -0.05) is 60.7 Å². The second-order valence-electron chi connectivity index (χ2n) is 6.45. The fourth-order valence-electron chi connectivity index (χ4n) is 2.82. The molecule has 0 aliphatic rings. The number of hydrogen-bond acceptors (Lipinski definition) is 3. The van der Waals surface area contributed by atoms with Gasteiger partial charge in [-0.25, -0.2) is 4.79 Å². The third kappa shape index (κ3) is 5.60. The Balaban J connectivity index is 1.73. The highest BCUT2D eigenvalue weighted by atomic mass is 16.5. The Hall–Kier alpha value is -4.30. The lowest BCUT2D eigenvalue weighted by molar-refractivity contribution is 0.210. The summed E-state index contributed by atoms with van der Waals surface area (Å²) in [7, 11) is 1.63. The molecule has 0 aliphatic heterocycles. The molecule has 5 heteroatoms. The summed E-state index contributed by atoms with van der Waals surface area (Å²) >= 11 is 0. The van der Waals surface area contributed by atoms with E-state index in [1.54, 1.807) is 31.4 Å². The maximum atomic E-state index is 10.7. The molecule has 0 heterocycles. The maximum Gasteiger partial charge on any atom is 0.409 e. The minimum atomic E-state index is -1.09. The zero-order valence-corrected chi connectivity index (χ0v) is 16.4. The Kier molecular flexibility index (Phi) is 6.65. The van der Waals surface area contributed by atoms with Gasteiger partial charge in [0.1, 0.15) is 5.75 Å². The first-order valence-electron chi connectivity index (χ1n) is 9.22. The van der Waals surface area contributed by atoms with Crippen LogP contribution in [-0.2, 0) is 0 Å². The number of nitrogens with zero attached hydrogens (tertiary/aromatic N) is 1. The van der Waals surface area contributed by atoms with Gasteiger partial charge in [0.25, 0.3) is 0 Å². The Morgan fingerprint density at radius 1 is 0.900 bits per heavy atom. The summed E-state index contributed by atoms with van der Waals surface area (Å²) in [6.45, 7) is 0. The van der Waals surface area contributed by atoms with Crippen molar-refractivity contribution in [3.63, 3.8) is 0 Å². The van der Waals surface area contributed by atoms with E-state index in [2.05, 4.69) is 11.4 Å². The normalized spacial score (nSPS) is 10.8. The third-order valence-corrected chi connectivity index (χ3v) is 4.38. The second-order valence-corrected chi connectivity index (χ2v) is 6.45. The summed E-state index contributed by atoms with van der Waals surface area (Å²) < 4.78 is 5.52. The van der Waals surface area contributed by atoms with Gasteiger partial charge in [-0.15, -0.1) is 0 Å². The lowest BCUT2D eigenvalue weighted by atomic mass is 10.1. The summed E-state index contributed by atoms with van der Waals surface area (Å²) in [6, 6.07) is 22.5. The van der Waals surface area contributed by atoms with E-state index in [-0.39, 0.29) is 0 Å². The molecule has 5 nitrogen and oxygen atoms in total. The van der Waals surface area contributed by atoms with E-state index in [0.717, 1.165) is 28.0 Å². The Bertz CT molecular complexity index is 1120. The number of rotatable bonds is 6. The van der Waals surface area contributed by atoms with Gasteiger partial charge in [-0.3, -0.25) is 5.32 Å². The molecular weight excluding hydrogens is 376 g/mol. The van der Waals surface area contributed by atoms with E-state index < -0.39 is 6.09 Å². The van der Waals surface area contributed by atoms with Crippen LogP contribution in [0.4, 0.5) is 10.5 Å². The van der Waals surface area contributed by atoms with Crippen molar-refractivity contribution in [3.05, 3.63) is 94.5 Å². The first-order valence-corrected chi connectivity index (χ1v) is 9.22. The van der Waals surface area contributed by atoms with E-state index in [4.69, 9.17) is 15.1 Å². The number of nitrogens with one attached hydrogen (secondary N) is 1. The molecule has 1 amide bonds. The monoisotopic (exact) mass is 396 g/mol. The topological polar surface area (TPSA) is 82.3 Å². The van der Waals surface area contributed by atoms with Crippen molar-refractivity contribution in [2.75, 3.05) is 12.4 Å². The molecule has 3 aromatic carbocycles. The Labute approximate surface area is 175 Å². The van der Waals surface area contributed by atoms with Gasteiger partial charge in [-0.05, 0) is 47.0 Å². The molecule has 2 N–H and O–H groups in total. The minimum Gasteiger partial charge on any atom is -0.496 e. The average molecular weight is 396 g/mol. The zero-order chi connectivity index (χ0) is 21.3. The van der Waals surface area contributed by atoms with E-state index in [0.29, 0.717) is 11.3 Å². The van der Waals surface area contributed by atoms with Gasteiger partial charge in [0.2, 0.25) is 0 Å². The Morgan fingerprint density at radius 2 is 1.47 bits per heavy atom. The van der Waals surface area contributed by atoms with Crippen LogP contribution in [0.1, 0.15) is 27.8 Å². The number of amides is 1. The van der Waals surface area contributed by atoms with Crippen LogP contribution < -0.4 is 10.1 Å². The predicted octanol–water partition coefficient (Wildman–Crippen LogP) is 6.00. The molecule has 3 aromatic rings. The van der Waals surface area contributed by atoms with Crippen molar-refractivity contribution < 1.29 is 14.6 Å². The molecule has 0 spiro atoms. The number of carboxylic acid groups (broad SMARTS) is 1. The maximum absolute atomic E-state index is 10.7. The molecule has 0 unspecified atom stereocenters. The predicted molar refractivity (Wildman–Crippen MR) is 120 cm³/mol. The first kappa shape index (κ1) is 20.4. The number of anilines is 1. The summed E-state index contributed by atoms with van der Waals surface area (Å²) in [4.78, 5) is 10.7. The molecule has 0 radical (unpaired) electrons. The van der Waals surface area contributed by atoms with Crippen LogP contribution in [0.25, 0.3) is 24.3 Å². The molecule has 0 bridgehead atoms. The van der Waals surface area contributed by atoms with Gasteiger partial charge in [0.15, 0.2) is 0 Å².